The lowest BCUT2D eigenvalue weighted by Gasteiger charge is -2.06. The smallest absolute Gasteiger partial charge is 0.0688 e. The average molecular weight is 174 g/mol. The van der Waals surface area contributed by atoms with E-state index in [0.29, 0.717) is 6.04 Å². The van der Waals surface area contributed by atoms with Crippen molar-refractivity contribution in [1.29, 1.82) is 0 Å². The molecule has 2 aromatic rings. The molecule has 2 nitrogen and oxygen atoms in total. The Morgan fingerprint density at radius 1 is 1.31 bits per heavy atom. The van der Waals surface area contributed by atoms with Crippen LogP contribution in [-0.2, 0) is 0 Å². The first-order valence-corrected chi connectivity index (χ1v) is 4.63. The Morgan fingerprint density at radius 3 is 2.77 bits per heavy atom. The summed E-state index contributed by atoms with van der Waals surface area (Å²) in [6.45, 7) is 6.41. The predicted molar refractivity (Wildman–Crippen MR) is 54.9 cm³/mol. The van der Waals surface area contributed by atoms with Gasteiger partial charge < -0.3 is 0 Å². The van der Waals surface area contributed by atoms with Crippen LogP contribution < -0.4 is 0 Å². The summed E-state index contributed by atoms with van der Waals surface area (Å²) in [4.78, 5) is 0. The molecule has 68 valence electrons. The molecule has 0 N–H and O–H groups in total. The van der Waals surface area contributed by atoms with Gasteiger partial charge >= 0.3 is 0 Å². The van der Waals surface area contributed by atoms with Crippen LogP contribution in [0.4, 0.5) is 0 Å². The third-order valence-corrected chi connectivity index (χ3v) is 2.35. The molecule has 0 bridgehead atoms. The van der Waals surface area contributed by atoms with Crippen LogP contribution >= 0.6 is 0 Å². The number of benzene rings is 1. The van der Waals surface area contributed by atoms with E-state index in [1.165, 1.54) is 16.5 Å². The van der Waals surface area contributed by atoms with E-state index in [1.807, 2.05) is 6.20 Å². The zero-order valence-corrected chi connectivity index (χ0v) is 8.28. The van der Waals surface area contributed by atoms with Gasteiger partial charge in [0.1, 0.15) is 0 Å². The summed E-state index contributed by atoms with van der Waals surface area (Å²) in [5.74, 6) is 0. The predicted octanol–water partition coefficient (Wildman–Crippen LogP) is 2.93. The van der Waals surface area contributed by atoms with Gasteiger partial charge in [-0.25, -0.2) is 0 Å². The third kappa shape index (κ3) is 1.22. The molecule has 0 saturated heterocycles. The first kappa shape index (κ1) is 8.30. The Kier molecular flexibility index (Phi) is 1.83. The molecule has 0 unspecified atom stereocenters. The molecule has 2 rings (SSSR count). The standard InChI is InChI=1S/C11H14N2/c1-8(2)13-11-6-4-5-9(3)10(11)7-12-13/h4-8H,1-3H3. The minimum Gasteiger partial charge on any atom is -0.262 e. The first-order chi connectivity index (χ1) is 6.20. The molecule has 2 heteroatoms. The van der Waals surface area contributed by atoms with Crippen molar-refractivity contribution in [2.75, 3.05) is 0 Å². The lowest BCUT2D eigenvalue weighted by atomic mass is 10.1. The second kappa shape index (κ2) is 2.87. The summed E-state index contributed by atoms with van der Waals surface area (Å²) in [6, 6.07) is 6.75. The lowest BCUT2D eigenvalue weighted by Crippen LogP contribution is -2.01. The van der Waals surface area contributed by atoms with E-state index in [0.717, 1.165) is 0 Å². The number of nitrogens with zero attached hydrogens (tertiary/aromatic N) is 2. The van der Waals surface area contributed by atoms with E-state index in [9.17, 15) is 0 Å². The molecule has 0 spiro atoms. The molecule has 13 heavy (non-hydrogen) atoms. The molecule has 0 saturated carbocycles. The van der Waals surface area contributed by atoms with Gasteiger partial charge in [0.25, 0.3) is 0 Å². The van der Waals surface area contributed by atoms with Crippen molar-refractivity contribution in [2.45, 2.75) is 26.8 Å². The van der Waals surface area contributed by atoms with E-state index in [-0.39, 0.29) is 0 Å². The molecular weight excluding hydrogens is 160 g/mol. The van der Waals surface area contributed by atoms with E-state index in [2.05, 4.69) is 48.8 Å². The molecular formula is C11H14N2. The van der Waals surface area contributed by atoms with Crippen LogP contribution in [0, 0.1) is 6.92 Å². The van der Waals surface area contributed by atoms with Gasteiger partial charge in [-0.3, -0.25) is 4.68 Å². The Morgan fingerprint density at radius 2 is 2.08 bits per heavy atom. The maximum Gasteiger partial charge on any atom is 0.0688 e. The first-order valence-electron chi connectivity index (χ1n) is 4.63. The summed E-state index contributed by atoms with van der Waals surface area (Å²) >= 11 is 0. The van der Waals surface area contributed by atoms with Crippen molar-refractivity contribution in [3.05, 3.63) is 30.0 Å². The maximum atomic E-state index is 4.37. The molecule has 0 fully saturated rings. The van der Waals surface area contributed by atoms with Gasteiger partial charge in [0.15, 0.2) is 0 Å². The second-order valence-electron chi connectivity index (χ2n) is 3.69. The lowest BCUT2D eigenvalue weighted by molar-refractivity contribution is 0.551. The summed E-state index contributed by atoms with van der Waals surface area (Å²) in [5.41, 5.74) is 2.53. The zero-order chi connectivity index (χ0) is 9.42. The minimum atomic E-state index is 0.430. The number of aromatic nitrogens is 2. The fraction of sp³-hybridized carbons (Fsp3) is 0.364. The van der Waals surface area contributed by atoms with E-state index >= 15 is 0 Å². The van der Waals surface area contributed by atoms with Crippen LogP contribution in [0.25, 0.3) is 10.9 Å². The quantitative estimate of drug-likeness (QED) is 0.650. The van der Waals surface area contributed by atoms with Crippen LogP contribution in [0.2, 0.25) is 0 Å². The third-order valence-electron chi connectivity index (χ3n) is 2.35. The Bertz CT molecular complexity index is 427. The topological polar surface area (TPSA) is 17.8 Å². The van der Waals surface area contributed by atoms with Crippen LogP contribution in [0.15, 0.2) is 24.4 Å². The van der Waals surface area contributed by atoms with Crippen molar-refractivity contribution in [3.8, 4) is 0 Å². The van der Waals surface area contributed by atoms with E-state index in [4.69, 9.17) is 0 Å². The summed E-state index contributed by atoms with van der Waals surface area (Å²) in [5, 5.41) is 5.63. The Balaban J connectivity index is 2.75. The van der Waals surface area contributed by atoms with Crippen LogP contribution in [0.5, 0.6) is 0 Å². The molecule has 0 radical (unpaired) electrons. The van der Waals surface area contributed by atoms with E-state index < -0.39 is 0 Å². The van der Waals surface area contributed by atoms with Gasteiger partial charge in [0.05, 0.1) is 11.7 Å². The van der Waals surface area contributed by atoms with E-state index in [1.54, 1.807) is 0 Å². The fourth-order valence-corrected chi connectivity index (χ4v) is 1.63. The van der Waals surface area contributed by atoms with Gasteiger partial charge in [-0.2, -0.15) is 5.10 Å². The van der Waals surface area contributed by atoms with Crippen molar-refractivity contribution in [3.63, 3.8) is 0 Å². The van der Waals surface area contributed by atoms with Crippen molar-refractivity contribution in [2.24, 2.45) is 0 Å². The molecule has 0 aliphatic carbocycles. The Hall–Kier alpha value is -1.31. The summed E-state index contributed by atoms with van der Waals surface area (Å²) in [6.07, 6.45) is 1.95. The van der Waals surface area contributed by atoms with Gasteiger partial charge in [-0.15, -0.1) is 0 Å². The molecule has 0 aliphatic heterocycles. The van der Waals surface area contributed by atoms with Gasteiger partial charge in [-0.1, -0.05) is 12.1 Å². The van der Waals surface area contributed by atoms with Crippen LogP contribution in [0.3, 0.4) is 0 Å². The van der Waals surface area contributed by atoms with Gasteiger partial charge in [0.2, 0.25) is 0 Å². The second-order valence-corrected chi connectivity index (χ2v) is 3.69. The largest absolute Gasteiger partial charge is 0.262 e. The molecule has 0 aliphatic rings. The fourth-order valence-electron chi connectivity index (χ4n) is 1.63. The molecule has 1 aromatic carbocycles. The van der Waals surface area contributed by atoms with Crippen LogP contribution in [0.1, 0.15) is 25.5 Å². The summed E-state index contributed by atoms with van der Waals surface area (Å²) < 4.78 is 2.06. The van der Waals surface area contributed by atoms with Crippen LogP contribution in [-0.4, -0.2) is 9.78 Å². The van der Waals surface area contributed by atoms with Gasteiger partial charge in [0, 0.05) is 11.4 Å². The molecule has 0 atom stereocenters. The monoisotopic (exact) mass is 174 g/mol. The Labute approximate surface area is 78.2 Å². The number of hydrogen-bond acceptors (Lipinski definition) is 1. The number of aryl methyl sites for hydroxylation is 1. The minimum absolute atomic E-state index is 0.430. The zero-order valence-electron chi connectivity index (χ0n) is 8.28. The normalized spacial score (nSPS) is 11.4. The maximum absolute atomic E-state index is 4.37. The molecule has 1 heterocycles. The number of rotatable bonds is 1. The number of hydrogen-bond donors (Lipinski definition) is 0. The number of fused-ring (bicyclic) bond motifs is 1. The van der Waals surface area contributed by atoms with Crippen molar-refractivity contribution >= 4 is 10.9 Å². The highest BCUT2D eigenvalue weighted by atomic mass is 15.3. The highest BCUT2D eigenvalue weighted by Gasteiger charge is 2.05. The molecule has 1 aromatic heterocycles. The van der Waals surface area contributed by atoms with Crippen molar-refractivity contribution < 1.29 is 0 Å². The van der Waals surface area contributed by atoms with Crippen molar-refractivity contribution in [1.82, 2.24) is 9.78 Å². The highest BCUT2D eigenvalue weighted by Crippen LogP contribution is 2.20. The molecule has 0 amide bonds. The van der Waals surface area contributed by atoms with Gasteiger partial charge in [-0.05, 0) is 32.4 Å². The average Bonchev–Trinajstić information content (AvgIpc) is 2.48. The highest BCUT2D eigenvalue weighted by molar-refractivity contribution is 5.82. The summed E-state index contributed by atoms with van der Waals surface area (Å²) in [7, 11) is 0. The SMILES string of the molecule is Cc1cccc2c1cnn2C(C)C.